The lowest BCUT2D eigenvalue weighted by Gasteiger charge is -1.98. The molecule has 2 N–H and O–H groups in total. The van der Waals surface area contributed by atoms with Gasteiger partial charge in [-0.1, -0.05) is 36.4 Å². The summed E-state index contributed by atoms with van der Waals surface area (Å²) in [6.07, 6.45) is 0. The Balaban J connectivity index is 2.10. The predicted octanol–water partition coefficient (Wildman–Crippen LogP) is 2.42. The van der Waals surface area contributed by atoms with Crippen molar-refractivity contribution < 1.29 is 14.5 Å². The Bertz CT molecular complexity index is 940. The van der Waals surface area contributed by atoms with E-state index in [0.29, 0.717) is 11.0 Å². The first-order valence-corrected chi connectivity index (χ1v) is 6.43. The molecule has 0 unspecified atom stereocenters. The van der Waals surface area contributed by atoms with Gasteiger partial charge in [-0.05, 0) is 34.4 Å². The summed E-state index contributed by atoms with van der Waals surface area (Å²) >= 11 is 0. The van der Waals surface area contributed by atoms with Crippen molar-refractivity contribution in [3.8, 4) is 0 Å². The van der Waals surface area contributed by atoms with Gasteiger partial charge in [0.05, 0.1) is 0 Å². The van der Waals surface area contributed by atoms with Crippen LogP contribution in [0.1, 0.15) is 0 Å². The van der Waals surface area contributed by atoms with Crippen LogP contribution >= 0.6 is 0 Å². The highest BCUT2D eigenvalue weighted by Crippen LogP contribution is 2.31. The van der Waals surface area contributed by atoms with Crippen molar-refractivity contribution in [1.29, 1.82) is 0 Å². The quantitative estimate of drug-likeness (QED) is 0.518. The molecule has 0 amide bonds. The molecule has 0 aliphatic heterocycles. The topological polar surface area (TPSA) is 53.6 Å². The molecule has 3 nitrogen and oxygen atoms in total. The lowest BCUT2D eigenvalue weighted by molar-refractivity contribution is 0.425. The molecule has 3 aromatic carbocycles. The number of furan rings is 1. The molecule has 0 aliphatic carbocycles. The van der Waals surface area contributed by atoms with Gasteiger partial charge in [0.1, 0.15) is 11.2 Å². The van der Waals surface area contributed by atoms with E-state index in [4.69, 9.17) is 4.42 Å². The highest BCUT2D eigenvalue weighted by molar-refractivity contribution is 6.58. The van der Waals surface area contributed by atoms with Crippen molar-refractivity contribution in [2.24, 2.45) is 0 Å². The number of hydrogen-bond donors (Lipinski definition) is 2. The van der Waals surface area contributed by atoms with Crippen molar-refractivity contribution in [1.82, 2.24) is 0 Å². The zero-order valence-electron chi connectivity index (χ0n) is 10.6. The predicted molar refractivity (Wildman–Crippen MR) is 81.1 cm³/mol. The van der Waals surface area contributed by atoms with Crippen LogP contribution in [0, 0.1) is 0 Å². The van der Waals surface area contributed by atoms with Crippen molar-refractivity contribution in [3.63, 3.8) is 0 Å². The van der Waals surface area contributed by atoms with Gasteiger partial charge in [0.2, 0.25) is 0 Å². The molecule has 20 heavy (non-hydrogen) atoms. The fourth-order valence-corrected chi connectivity index (χ4v) is 2.64. The van der Waals surface area contributed by atoms with E-state index in [1.54, 1.807) is 12.1 Å². The van der Waals surface area contributed by atoms with E-state index in [0.717, 1.165) is 27.1 Å². The molecular weight excluding hydrogens is 251 g/mol. The van der Waals surface area contributed by atoms with Crippen LogP contribution in [0.15, 0.2) is 59.0 Å². The molecule has 0 saturated carbocycles. The standard InChI is InChI=1S/C16H11BO3/c18-17(19)12-5-6-13-14-7-10-3-1-2-4-11(10)8-15(14)20-16(13)9-12/h1-9,18-19H. The molecule has 0 atom stereocenters. The Kier molecular flexibility index (Phi) is 2.36. The van der Waals surface area contributed by atoms with Gasteiger partial charge in [0.25, 0.3) is 0 Å². The number of fused-ring (bicyclic) bond motifs is 4. The van der Waals surface area contributed by atoms with Crippen molar-refractivity contribution >= 4 is 45.3 Å². The summed E-state index contributed by atoms with van der Waals surface area (Å²) in [4.78, 5) is 0. The van der Waals surface area contributed by atoms with Crippen molar-refractivity contribution in [3.05, 3.63) is 54.6 Å². The van der Waals surface area contributed by atoms with Gasteiger partial charge < -0.3 is 14.5 Å². The maximum Gasteiger partial charge on any atom is 0.488 e. The normalized spacial score (nSPS) is 11.5. The van der Waals surface area contributed by atoms with Gasteiger partial charge in [-0.2, -0.15) is 0 Å². The molecule has 0 fully saturated rings. The second-order valence-corrected chi connectivity index (χ2v) is 4.93. The van der Waals surface area contributed by atoms with E-state index >= 15 is 0 Å². The summed E-state index contributed by atoms with van der Waals surface area (Å²) in [5.74, 6) is 0. The average molecular weight is 262 g/mol. The molecule has 0 spiro atoms. The van der Waals surface area contributed by atoms with E-state index in [2.05, 4.69) is 12.1 Å². The first kappa shape index (κ1) is 11.5. The van der Waals surface area contributed by atoms with Gasteiger partial charge >= 0.3 is 7.12 Å². The minimum Gasteiger partial charge on any atom is -0.456 e. The molecule has 96 valence electrons. The maximum atomic E-state index is 9.23. The molecular formula is C16H11BO3. The molecule has 4 aromatic rings. The van der Waals surface area contributed by atoms with Crippen LogP contribution in [0.4, 0.5) is 0 Å². The van der Waals surface area contributed by atoms with Crippen LogP contribution in [0.25, 0.3) is 32.7 Å². The third kappa shape index (κ3) is 1.63. The van der Waals surface area contributed by atoms with Crippen LogP contribution in [-0.4, -0.2) is 17.2 Å². The van der Waals surface area contributed by atoms with E-state index < -0.39 is 7.12 Å². The summed E-state index contributed by atoms with van der Waals surface area (Å²) in [5, 5.41) is 22.8. The summed E-state index contributed by atoms with van der Waals surface area (Å²) in [6.45, 7) is 0. The molecule has 0 radical (unpaired) electrons. The first-order chi connectivity index (χ1) is 9.72. The molecule has 4 heteroatoms. The fourth-order valence-electron chi connectivity index (χ4n) is 2.64. The highest BCUT2D eigenvalue weighted by Gasteiger charge is 2.14. The number of hydrogen-bond acceptors (Lipinski definition) is 3. The van der Waals surface area contributed by atoms with E-state index in [9.17, 15) is 10.0 Å². The lowest BCUT2D eigenvalue weighted by atomic mass is 9.80. The van der Waals surface area contributed by atoms with Crippen LogP contribution in [0.5, 0.6) is 0 Å². The Morgan fingerprint density at radius 3 is 2.20 bits per heavy atom. The average Bonchev–Trinajstić information content (AvgIpc) is 2.81. The fraction of sp³-hybridized carbons (Fsp3) is 0. The van der Waals surface area contributed by atoms with Crippen molar-refractivity contribution in [2.75, 3.05) is 0 Å². The van der Waals surface area contributed by atoms with Crippen LogP contribution in [-0.2, 0) is 0 Å². The van der Waals surface area contributed by atoms with Gasteiger partial charge in [-0.3, -0.25) is 0 Å². The van der Waals surface area contributed by atoms with Gasteiger partial charge in [0, 0.05) is 10.8 Å². The van der Waals surface area contributed by atoms with Crippen LogP contribution in [0.2, 0.25) is 0 Å². The third-order valence-electron chi connectivity index (χ3n) is 3.66. The van der Waals surface area contributed by atoms with Gasteiger partial charge in [-0.25, -0.2) is 0 Å². The van der Waals surface area contributed by atoms with Gasteiger partial charge in [0.15, 0.2) is 0 Å². The Hall–Kier alpha value is -2.30. The highest BCUT2D eigenvalue weighted by atomic mass is 16.4. The third-order valence-corrected chi connectivity index (χ3v) is 3.66. The van der Waals surface area contributed by atoms with E-state index in [1.807, 2.05) is 30.3 Å². The van der Waals surface area contributed by atoms with Crippen LogP contribution in [0.3, 0.4) is 0 Å². The molecule has 4 rings (SSSR count). The largest absolute Gasteiger partial charge is 0.488 e. The second-order valence-electron chi connectivity index (χ2n) is 4.93. The summed E-state index contributed by atoms with van der Waals surface area (Å²) in [5.41, 5.74) is 1.91. The maximum absolute atomic E-state index is 9.23. The minimum atomic E-state index is -1.48. The summed E-state index contributed by atoms with van der Waals surface area (Å²) < 4.78 is 5.83. The molecule has 0 bridgehead atoms. The first-order valence-electron chi connectivity index (χ1n) is 6.43. The zero-order chi connectivity index (χ0) is 13.7. The smallest absolute Gasteiger partial charge is 0.456 e. The molecule has 1 aromatic heterocycles. The zero-order valence-corrected chi connectivity index (χ0v) is 10.6. The lowest BCUT2D eigenvalue weighted by Crippen LogP contribution is -2.29. The second kappa shape index (κ2) is 4.10. The number of benzene rings is 3. The van der Waals surface area contributed by atoms with E-state index in [1.165, 1.54) is 0 Å². The van der Waals surface area contributed by atoms with Gasteiger partial charge in [-0.15, -0.1) is 0 Å². The molecule has 0 aliphatic rings. The Labute approximate surface area is 115 Å². The van der Waals surface area contributed by atoms with Crippen molar-refractivity contribution in [2.45, 2.75) is 0 Å². The molecule has 1 heterocycles. The SMILES string of the molecule is OB(O)c1ccc2c(c1)oc1cc3ccccc3cc12. The van der Waals surface area contributed by atoms with Crippen LogP contribution < -0.4 is 5.46 Å². The van der Waals surface area contributed by atoms with E-state index in [-0.39, 0.29) is 0 Å². The summed E-state index contributed by atoms with van der Waals surface area (Å²) in [6, 6.07) is 17.5. The Morgan fingerprint density at radius 1 is 0.750 bits per heavy atom. The molecule has 0 saturated heterocycles. The summed E-state index contributed by atoms with van der Waals surface area (Å²) in [7, 11) is -1.48. The minimum absolute atomic E-state index is 0.432. The monoisotopic (exact) mass is 262 g/mol. The number of rotatable bonds is 1. The Morgan fingerprint density at radius 2 is 1.45 bits per heavy atom.